The first-order valence-corrected chi connectivity index (χ1v) is 14.2. The van der Waals surface area contributed by atoms with Crippen LogP contribution in [0.1, 0.15) is 43.7 Å². The van der Waals surface area contributed by atoms with E-state index in [1.54, 1.807) is 11.9 Å². The van der Waals surface area contributed by atoms with E-state index in [-0.39, 0.29) is 17.9 Å². The Bertz CT molecular complexity index is 1560. The van der Waals surface area contributed by atoms with Gasteiger partial charge in [-0.3, -0.25) is 14.0 Å². The van der Waals surface area contributed by atoms with Crippen molar-refractivity contribution in [1.29, 1.82) is 0 Å². The molecule has 3 aromatic heterocycles. The van der Waals surface area contributed by atoms with Gasteiger partial charge in [0.05, 0.1) is 15.6 Å². The Kier molecular flexibility index (Phi) is 7.67. The van der Waals surface area contributed by atoms with E-state index in [0.717, 1.165) is 26.8 Å². The molecular weight excluding hydrogens is 514 g/mol. The number of fused-ring (bicyclic) bond motifs is 1. The SMILES string of the molecule is Cc1nc(C(=O)N(C)C(CCc2ccccc2)CNC(=O)c2c(C)nc3sccn23)c(-c2ccccc2)s1. The standard InChI is InChI=1S/C29H29N5O2S2/c1-19-25(34-16-17-37-29(34)31-19)27(35)30-18-23(15-14-21-10-6-4-7-11-21)33(3)28(36)24-26(38-20(2)32-24)22-12-8-5-9-13-22/h4-13,16-17,23H,14-15,18H2,1-3H3,(H,30,35). The minimum absolute atomic E-state index is 0.152. The second-order valence-corrected chi connectivity index (χ2v) is 11.3. The molecule has 0 bridgehead atoms. The van der Waals surface area contributed by atoms with Crippen LogP contribution >= 0.6 is 22.7 Å². The second-order valence-electron chi connectivity index (χ2n) is 9.18. The van der Waals surface area contributed by atoms with Crippen LogP contribution in [0.4, 0.5) is 0 Å². The first-order chi connectivity index (χ1) is 18.4. The lowest BCUT2D eigenvalue weighted by molar-refractivity contribution is 0.0706. The smallest absolute Gasteiger partial charge is 0.274 e. The van der Waals surface area contributed by atoms with Crippen molar-refractivity contribution in [3.63, 3.8) is 0 Å². The molecule has 5 aromatic rings. The highest BCUT2D eigenvalue weighted by Crippen LogP contribution is 2.31. The van der Waals surface area contributed by atoms with Gasteiger partial charge in [-0.2, -0.15) is 0 Å². The van der Waals surface area contributed by atoms with Crippen LogP contribution in [0.25, 0.3) is 15.4 Å². The number of likely N-dealkylation sites (N-methyl/N-ethyl adjacent to an activating group) is 1. The van der Waals surface area contributed by atoms with Crippen LogP contribution in [-0.4, -0.2) is 50.7 Å². The number of carbonyl (C=O) groups excluding carboxylic acids is 2. The van der Waals surface area contributed by atoms with Crippen molar-refractivity contribution in [1.82, 2.24) is 24.6 Å². The third kappa shape index (κ3) is 5.39. The summed E-state index contributed by atoms with van der Waals surface area (Å²) in [6, 6.07) is 19.8. The molecule has 0 aliphatic rings. The van der Waals surface area contributed by atoms with E-state index in [1.807, 2.05) is 78.4 Å². The maximum atomic E-state index is 13.8. The molecule has 0 radical (unpaired) electrons. The molecule has 5 rings (SSSR count). The largest absolute Gasteiger partial charge is 0.349 e. The van der Waals surface area contributed by atoms with Crippen LogP contribution in [0.2, 0.25) is 0 Å². The summed E-state index contributed by atoms with van der Waals surface area (Å²) in [6.07, 6.45) is 3.32. The molecule has 0 fully saturated rings. The monoisotopic (exact) mass is 543 g/mol. The van der Waals surface area contributed by atoms with Crippen LogP contribution < -0.4 is 5.32 Å². The van der Waals surface area contributed by atoms with Crippen LogP contribution in [0, 0.1) is 13.8 Å². The predicted molar refractivity (Wildman–Crippen MR) is 153 cm³/mol. The zero-order valence-electron chi connectivity index (χ0n) is 21.5. The summed E-state index contributed by atoms with van der Waals surface area (Å²) in [6.45, 7) is 4.07. The fourth-order valence-corrected chi connectivity index (χ4v) is 6.24. The van der Waals surface area contributed by atoms with Gasteiger partial charge in [0.15, 0.2) is 4.96 Å². The number of hydrogen-bond acceptors (Lipinski definition) is 6. The van der Waals surface area contributed by atoms with E-state index in [1.165, 1.54) is 28.2 Å². The molecule has 0 aliphatic heterocycles. The summed E-state index contributed by atoms with van der Waals surface area (Å²) in [4.78, 5) is 39.5. The van der Waals surface area contributed by atoms with E-state index < -0.39 is 0 Å². The molecular formula is C29H29N5O2S2. The van der Waals surface area contributed by atoms with E-state index in [4.69, 9.17) is 0 Å². The van der Waals surface area contributed by atoms with Crippen molar-refractivity contribution in [2.75, 3.05) is 13.6 Å². The molecule has 1 atom stereocenters. The molecule has 2 aromatic carbocycles. The van der Waals surface area contributed by atoms with Gasteiger partial charge in [-0.1, -0.05) is 60.7 Å². The molecule has 0 saturated heterocycles. The third-order valence-corrected chi connectivity index (χ3v) is 8.38. The number of rotatable bonds is 9. The molecule has 0 saturated carbocycles. The first kappa shape index (κ1) is 25.8. The third-order valence-electron chi connectivity index (χ3n) is 6.60. The average molecular weight is 544 g/mol. The normalized spacial score (nSPS) is 12.0. The van der Waals surface area contributed by atoms with E-state index in [0.29, 0.717) is 30.0 Å². The van der Waals surface area contributed by atoms with Crippen LogP contribution in [0.15, 0.2) is 72.2 Å². The van der Waals surface area contributed by atoms with Gasteiger partial charge in [0.1, 0.15) is 11.4 Å². The van der Waals surface area contributed by atoms with Crippen LogP contribution in [-0.2, 0) is 6.42 Å². The minimum Gasteiger partial charge on any atom is -0.349 e. The predicted octanol–water partition coefficient (Wildman–Crippen LogP) is 5.64. The maximum Gasteiger partial charge on any atom is 0.274 e. The number of hydrogen-bond donors (Lipinski definition) is 1. The number of aromatic nitrogens is 3. The molecule has 1 unspecified atom stereocenters. The molecule has 0 aliphatic carbocycles. The Labute approximate surface area is 229 Å². The highest BCUT2D eigenvalue weighted by atomic mass is 32.1. The van der Waals surface area contributed by atoms with Gasteiger partial charge in [-0.25, -0.2) is 9.97 Å². The summed E-state index contributed by atoms with van der Waals surface area (Å²) in [5, 5.41) is 5.83. The molecule has 3 heterocycles. The van der Waals surface area contributed by atoms with E-state index in [9.17, 15) is 9.59 Å². The van der Waals surface area contributed by atoms with E-state index in [2.05, 4.69) is 27.4 Å². The fraction of sp³-hybridized carbons (Fsp3) is 0.241. The van der Waals surface area contributed by atoms with E-state index >= 15 is 0 Å². The molecule has 7 nitrogen and oxygen atoms in total. The van der Waals surface area contributed by atoms with Gasteiger partial charge in [-0.05, 0) is 37.8 Å². The number of amides is 2. The minimum atomic E-state index is -0.233. The Morgan fingerprint density at radius 2 is 1.74 bits per heavy atom. The van der Waals surface area contributed by atoms with Gasteiger partial charge < -0.3 is 10.2 Å². The lowest BCUT2D eigenvalue weighted by atomic mass is 10.0. The Balaban J connectivity index is 1.38. The highest BCUT2D eigenvalue weighted by Gasteiger charge is 2.27. The number of carbonyl (C=O) groups is 2. The van der Waals surface area contributed by atoms with Crippen molar-refractivity contribution >= 4 is 39.4 Å². The van der Waals surface area contributed by atoms with Crippen molar-refractivity contribution in [3.05, 3.63) is 99.9 Å². The van der Waals surface area contributed by atoms with Gasteiger partial charge in [-0.15, -0.1) is 22.7 Å². The van der Waals surface area contributed by atoms with Crippen LogP contribution in [0.5, 0.6) is 0 Å². The molecule has 0 spiro atoms. The Morgan fingerprint density at radius 1 is 1.03 bits per heavy atom. The van der Waals surface area contributed by atoms with Gasteiger partial charge >= 0.3 is 0 Å². The number of thiazole rings is 2. The van der Waals surface area contributed by atoms with Crippen molar-refractivity contribution < 1.29 is 9.59 Å². The number of nitrogens with zero attached hydrogens (tertiary/aromatic N) is 4. The van der Waals surface area contributed by atoms with Gasteiger partial charge in [0.2, 0.25) is 0 Å². The highest BCUT2D eigenvalue weighted by molar-refractivity contribution is 7.15. The maximum absolute atomic E-state index is 13.8. The summed E-state index contributed by atoms with van der Waals surface area (Å²) in [5.41, 5.74) is 3.82. The zero-order valence-corrected chi connectivity index (χ0v) is 23.2. The van der Waals surface area contributed by atoms with Gasteiger partial charge in [0, 0.05) is 31.2 Å². The quantitative estimate of drug-likeness (QED) is 0.261. The second kappa shape index (κ2) is 11.3. The summed E-state index contributed by atoms with van der Waals surface area (Å²) < 4.78 is 1.81. The summed E-state index contributed by atoms with van der Waals surface area (Å²) >= 11 is 3.01. The molecule has 9 heteroatoms. The zero-order chi connectivity index (χ0) is 26.6. The molecule has 194 valence electrons. The number of nitrogens with one attached hydrogen (secondary N) is 1. The van der Waals surface area contributed by atoms with Crippen molar-refractivity contribution in [2.45, 2.75) is 32.7 Å². The molecule has 2 amide bonds. The Hall–Kier alpha value is -3.82. The summed E-state index contributed by atoms with van der Waals surface area (Å²) in [7, 11) is 1.80. The van der Waals surface area contributed by atoms with Crippen LogP contribution in [0.3, 0.4) is 0 Å². The topological polar surface area (TPSA) is 79.6 Å². The molecule has 1 N–H and O–H groups in total. The fourth-order valence-electron chi connectivity index (χ4n) is 4.56. The Morgan fingerprint density at radius 3 is 2.47 bits per heavy atom. The van der Waals surface area contributed by atoms with Gasteiger partial charge in [0.25, 0.3) is 11.8 Å². The van der Waals surface area contributed by atoms with Crippen molar-refractivity contribution in [2.24, 2.45) is 0 Å². The molecule has 38 heavy (non-hydrogen) atoms. The number of benzene rings is 2. The van der Waals surface area contributed by atoms with Crippen molar-refractivity contribution in [3.8, 4) is 10.4 Å². The summed E-state index contributed by atoms with van der Waals surface area (Å²) in [5.74, 6) is -0.352. The lowest BCUT2D eigenvalue weighted by Gasteiger charge is -2.28. The lowest BCUT2D eigenvalue weighted by Crippen LogP contribution is -2.45. The first-order valence-electron chi connectivity index (χ1n) is 12.5. The number of aryl methyl sites for hydroxylation is 3. The average Bonchev–Trinajstić information content (AvgIpc) is 3.63. The number of imidazole rings is 1.